The molecule has 0 aliphatic rings. The molecule has 0 fully saturated rings. The molecule has 18 heavy (non-hydrogen) atoms. The molecule has 104 valence electrons. The summed E-state index contributed by atoms with van der Waals surface area (Å²) in [6.07, 6.45) is 0.349. The van der Waals surface area contributed by atoms with Gasteiger partial charge in [0, 0.05) is 13.1 Å². The summed E-state index contributed by atoms with van der Waals surface area (Å²) in [6.45, 7) is 5.21. The maximum Gasteiger partial charge on any atom is 0.314 e. The van der Waals surface area contributed by atoms with E-state index in [9.17, 15) is 14.4 Å². The van der Waals surface area contributed by atoms with Crippen molar-refractivity contribution in [3.63, 3.8) is 0 Å². The molecule has 5 N–H and O–H groups in total. The van der Waals surface area contributed by atoms with Crippen LogP contribution in [0, 0.1) is 11.3 Å². The van der Waals surface area contributed by atoms with Crippen LogP contribution < -0.4 is 16.4 Å². The van der Waals surface area contributed by atoms with E-state index in [1.807, 2.05) is 0 Å². The molecule has 0 spiro atoms. The molecule has 7 heteroatoms. The van der Waals surface area contributed by atoms with Crippen molar-refractivity contribution in [3.8, 4) is 0 Å². The van der Waals surface area contributed by atoms with Crippen molar-refractivity contribution in [1.29, 1.82) is 0 Å². The molecule has 1 atom stereocenters. The Balaban J connectivity index is 3.86. The third-order valence-electron chi connectivity index (χ3n) is 2.64. The first-order valence-corrected chi connectivity index (χ1v) is 5.71. The first-order chi connectivity index (χ1) is 8.16. The number of primary amides is 1. The van der Waals surface area contributed by atoms with Crippen LogP contribution in [0.4, 0.5) is 4.79 Å². The van der Waals surface area contributed by atoms with Crippen LogP contribution in [0.15, 0.2) is 0 Å². The molecular formula is C11H21N3O4. The number of carbonyl (C=O) groups excluding carboxylic acids is 2. The third kappa shape index (κ3) is 6.07. The number of hydrogen-bond acceptors (Lipinski definition) is 3. The van der Waals surface area contributed by atoms with Crippen LogP contribution >= 0.6 is 0 Å². The van der Waals surface area contributed by atoms with Crippen LogP contribution in [0.3, 0.4) is 0 Å². The van der Waals surface area contributed by atoms with Gasteiger partial charge < -0.3 is 21.5 Å². The number of carboxylic acid groups (broad SMARTS) is 1. The Morgan fingerprint density at radius 3 is 2.28 bits per heavy atom. The van der Waals surface area contributed by atoms with Crippen molar-refractivity contribution in [1.82, 2.24) is 10.6 Å². The van der Waals surface area contributed by atoms with Gasteiger partial charge in [-0.05, 0) is 20.3 Å². The lowest BCUT2D eigenvalue weighted by molar-refractivity contribution is -0.141. The van der Waals surface area contributed by atoms with Gasteiger partial charge in [0.05, 0.1) is 11.3 Å². The summed E-state index contributed by atoms with van der Waals surface area (Å²) >= 11 is 0. The first kappa shape index (κ1) is 16.2. The maximum atomic E-state index is 11.3. The zero-order valence-electron chi connectivity index (χ0n) is 10.9. The zero-order valence-corrected chi connectivity index (χ0v) is 10.9. The van der Waals surface area contributed by atoms with Gasteiger partial charge in [-0.2, -0.15) is 0 Å². The van der Waals surface area contributed by atoms with Crippen LogP contribution in [0.2, 0.25) is 0 Å². The van der Waals surface area contributed by atoms with Gasteiger partial charge >= 0.3 is 12.0 Å². The van der Waals surface area contributed by atoms with Crippen molar-refractivity contribution in [2.24, 2.45) is 17.1 Å². The minimum Gasteiger partial charge on any atom is -0.481 e. The molecule has 0 aromatic rings. The lowest BCUT2D eigenvalue weighted by atomic mass is 9.93. The summed E-state index contributed by atoms with van der Waals surface area (Å²) in [5.74, 6) is -1.90. The third-order valence-corrected chi connectivity index (χ3v) is 2.64. The van der Waals surface area contributed by atoms with Crippen LogP contribution in [-0.2, 0) is 9.59 Å². The van der Waals surface area contributed by atoms with Crippen molar-refractivity contribution in [3.05, 3.63) is 0 Å². The number of carbonyl (C=O) groups is 3. The number of nitrogens with one attached hydrogen (secondary N) is 2. The summed E-state index contributed by atoms with van der Waals surface area (Å²) in [5.41, 5.74) is 4.34. The second kappa shape index (κ2) is 6.83. The van der Waals surface area contributed by atoms with Crippen LogP contribution in [-0.4, -0.2) is 36.1 Å². The van der Waals surface area contributed by atoms with Gasteiger partial charge in [0.15, 0.2) is 0 Å². The van der Waals surface area contributed by atoms with E-state index in [1.54, 1.807) is 20.8 Å². The monoisotopic (exact) mass is 259 g/mol. The van der Waals surface area contributed by atoms with E-state index < -0.39 is 29.2 Å². The quantitative estimate of drug-likeness (QED) is 0.510. The van der Waals surface area contributed by atoms with Crippen molar-refractivity contribution in [2.75, 3.05) is 13.1 Å². The fourth-order valence-corrected chi connectivity index (χ4v) is 0.977. The smallest absolute Gasteiger partial charge is 0.314 e. The normalized spacial score (nSPS) is 12.6. The molecule has 0 aliphatic carbocycles. The molecule has 0 aromatic carbocycles. The number of hydrogen-bond donors (Lipinski definition) is 4. The summed E-state index contributed by atoms with van der Waals surface area (Å²) in [4.78, 5) is 32.9. The zero-order chi connectivity index (χ0) is 14.3. The Morgan fingerprint density at radius 1 is 1.28 bits per heavy atom. The molecule has 0 aliphatic heterocycles. The Labute approximate surface area is 106 Å². The number of nitrogens with two attached hydrogens (primary N) is 1. The molecule has 0 rings (SSSR count). The molecule has 0 radical (unpaired) electrons. The van der Waals surface area contributed by atoms with Gasteiger partial charge in [-0.1, -0.05) is 6.92 Å². The lowest BCUT2D eigenvalue weighted by Crippen LogP contribution is -2.46. The van der Waals surface area contributed by atoms with Gasteiger partial charge in [-0.3, -0.25) is 9.59 Å². The van der Waals surface area contributed by atoms with Crippen LogP contribution in [0.1, 0.15) is 27.2 Å². The second-order valence-electron chi connectivity index (χ2n) is 4.89. The predicted molar refractivity (Wildman–Crippen MR) is 65.8 cm³/mol. The van der Waals surface area contributed by atoms with Crippen LogP contribution in [0.25, 0.3) is 0 Å². The highest BCUT2D eigenvalue weighted by molar-refractivity contribution is 5.81. The van der Waals surface area contributed by atoms with Gasteiger partial charge in [0.25, 0.3) is 0 Å². The molecular weight excluding hydrogens is 238 g/mol. The molecule has 0 bridgehead atoms. The average molecular weight is 259 g/mol. The maximum absolute atomic E-state index is 11.3. The second-order valence-corrected chi connectivity index (χ2v) is 4.89. The topological polar surface area (TPSA) is 122 Å². The van der Waals surface area contributed by atoms with Gasteiger partial charge in [0.2, 0.25) is 5.91 Å². The molecule has 0 saturated heterocycles. The molecule has 3 amide bonds. The Hall–Kier alpha value is -1.79. The van der Waals surface area contributed by atoms with Gasteiger partial charge in [-0.25, -0.2) is 4.79 Å². The van der Waals surface area contributed by atoms with Crippen molar-refractivity contribution >= 4 is 17.9 Å². The standard InChI is InChI=1S/C11H21N3O4/c1-7(8(15)16)4-5-13-10(18)14-6-11(2,3)9(12)17/h7H,4-6H2,1-3H3,(H2,12,17)(H,15,16)(H2,13,14,18). The number of carboxylic acids is 1. The van der Waals surface area contributed by atoms with Crippen molar-refractivity contribution < 1.29 is 19.5 Å². The molecule has 0 heterocycles. The van der Waals surface area contributed by atoms with Crippen molar-refractivity contribution in [2.45, 2.75) is 27.2 Å². The summed E-state index contributed by atoms with van der Waals surface area (Å²) in [6, 6.07) is -0.443. The first-order valence-electron chi connectivity index (χ1n) is 5.71. The van der Waals surface area contributed by atoms with E-state index >= 15 is 0 Å². The van der Waals surface area contributed by atoms with E-state index in [-0.39, 0.29) is 13.1 Å². The summed E-state index contributed by atoms with van der Waals surface area (Å²) in [7, 11) is 0. The largest absolute Gasteiger partial charge is 0.481 e. The van der Waals surface area contributed by atoms with E-state index in [1.165, 1.54) is 0 Å². The fraction of sp³-hybridized carbons (Fsp3) is 0.727. The van der Waals surface area contributed by atoms with E-state index in [2.05, 4.69) is 10.6 Å². The molecule has 7 nitrogen and oxygen atoms in total. The highest BCUT2D eigenvalue weighted by Gasteiger charge is 2.25. The van der Waals surface area contributed by atoms with Gasteiger partial charge in [-0.15, -0.1) is 0 Å². The Morgan fingerprint density at radius 2 is 1.83 bits per heavy atom. The highest BCUT2D eigenvalue weighted by Crippen LogP contribution is 2.11. The number of rotatable bonds is 7. The van der Waals surface area contributed by atoms with E-state index in [0.29, 0.717) is 6.42 Å². The van der Waals surface area contributed by atoms with Crippen LogP contribution in [0.5, 0.6) is 0 Å². The minimum atomic E-state index is -0.896. The predicted octanol–water partition coefficient (Wildman–Crippen LogP) is -0.0921. The summed E-state index contributed by atoms with van der Waals surface area (Å²) < 4.78 is 0. The number of aliphatic carboxylic acids is 1. The van der Waals surface area contributed by atoms with Gasteiger partial charge in [0.1, 0.15) is 0 Å². The summed E-state index contributed by atoms with van der Waals surface area (Å²) in [5, 5.41) is 13.7. The Bertz CT molecular complexity index is 328. The Kier molecular flexibility index (Phi) is 6.15. The lowest BCUT2D eigenvalue weighted by Gasteiger charge is -2.20. The molecule has 0 aromatic heterocycles. The number of amides is 3. The molecule has 1 unspecified atom stereocenters. The SMILES string of the molecule is CC(CCNC(=O)NCC(C)(C)C(N)=O)C(=O)O. The average Bonchev–Trinajstić information content (AvgIpc) is 2.26. The van der Waals surface area contributed by atoms with E-state index in [4.69, 9.17) is 10.8 Å². The number of urea groups is 1. The highest BCUT2D eigenvalue weighted by atomic mass is 16.4. The fourth-order valence-electron chi connectivity index (χ4n) is 0.977. The van der Waals surface area contributed by atoms with E-state index in [0.717, 1.165) is 0 Å². The molecule has 0 saturated carbocycles. The minimum absolute atomic E-state index is 0.128.